The Bertz CT molecular complexity index is 2320. The Labute approximate surface area is 302 Å². The average Bonchev–Trinajstić information content (AvgIpc) is 3.50. The van der Waals surface area contributed by atoms with Crippen LogP contribution in [0.1, 0.15) is 51.7 Å². The van der Waals surface area contributed by atoms with Crippen molar-refractivity contribution in [1.82, 2.24) is 14.5 Å². The number of para-hydroxylation sites is 3. The molecular formula is C44H38N3OPt-. The van der Waals surface area contributed by atoms with Crippen LogP contribution in [0.5, 0.6) is 5.75 Å². The van der Waals surface area contributed by atoms with Crippen molar-refractivity contribution < 1.29 is 26.2 Å². The van der Waals surface area contributed by atoms with Crippen molar-refractivity contribution in [1.29, 1.82) is 0 Å². The molecule has 0 saturated carbocycles. The van der Waals surface area contributed by atoms with E-state index in [0.717, 1.165) is 52.2 Å². The summed E-state index contributed by atoms with van der Waals surface area (Å²) in [7, 11) is 0. The first-order chi connectivity index (χ1) is 23.2. The van der Waals surface area contributed by atoms with Gasteiger partial charge in [0.1, 0.15) is 5.75 Å². The van der Waals surface area contributed by atoms with Crippen molar-refractivity contribution in [3.8, 4) is 56.5 Å². The SMILES string of the molecule is CC1(C)CCC(C)(C)c2cc(-n3c(-c4[c-]c(-c5cccc(-c6ccccc6O)n5)ccc4)nc4ccccc43)c(-c3ccccc3)cc21.[Pt]. The van der Waals surface area contributed by atoms with Gasteiger partial charge in [0.25, 0.3) is 0 Å². The first kappa shape index (κ1) is 32.7. The number of rotatable bonds is 5. The molecule has 0 spiro atoms. The van der Waals surface area contributed by atoms with E-state index < -0.39 is 0 Å². The molecule has 4 nitrogen and oxygen atoms in total. The van der Waals surface area contributed by atoms with Crippen LogP contribution in [0.4, 0.5) is 0 Å². The average molecular weight is 820 g/mol. The molecule has 0 atom stereocenters. The van der Waals surface area contributed by atoms with Crippen molar-refractivity contribution in [3.63, 3.8) is 0 Å². The number of aromatic hydroxyl groups is 1. The number of benzene rings is 5. The monoisotopic (exact) mass is 819 g/mol. The Balaban J connectivity index is 0.00000378. The molecule has 0 unspecified atom stereocenters. The molecule has 0 fully saturated rings. The van der Waals surface area contributed by atoms with Crippen LogP contribution in [0.3, 0.4) is 0 Å². The standard InChI is InChI=1S/C44H38N3O.Pt/c1-43(2)24-25-44(3,4)35-28-40(33(27-34(35)43)29-14-6-5-7-15-29)47-39-22-10-9-19-38(39)46-42(47)31-17-12-16-30(26-31)36-20-13-21-37(45-36)32-18-8-11-23-41(32)48;/h5-23,27-28,48H,24-25H2,1-4H3;/q-1;. The van der Waals surface area contributed by atoms with Gasteiger partial charge < -0.3 is 9.67 Å². The topological polar surface area (TPSA) is 50.9 Å². The van der Waals surface area contributed by atoms with Crippen molar-refractivity contribution in [2.45, 2.75) is 51.4 Å². The minimum absolute atomic E-state index is 0. The van der Waals surface area contributed by atoms with Crippen LogP contribution in [-0.4, -0.2) is 19.6 Å². The predicted octanol–water partition coefficient (Wildman–Crippen LogP) is 10.9. The van der Waals surface area contributed by atoms with Crippen LogP contribution >= 0.6 is 0 Å². The Hall–Kier alpha value is -4.79. The third-order valence-corrected chi connectivity index (χ3v) is 10.1. The number of hydrogen-bond donors (Lipinski definition) is 1. The van der Waals surface area contributed by atoms with Gasteiger partial charge in [-0.25, -0.2) is 0 Å². The maximum atomic E-state index is 10.5. The number of hydrogen-bond acceptors (Lipinski definition) is 3. The number of phenols is 1. The summed E-state index contributed by atoms with van der Waals surface area (Å²) in [6, 6.07) is 47.1. The summed E-state index contributed by atoms with van der Waals surface area (Å²) in [6.45, 7) is 9.54. The Morgan fingerprint density at radius 3 is 2.02 bits per heavy atom. The first-order valence-corrected chi connectivity index (χ1v) is 16.7. The smallest absolute Gasteiger partial charge is 0.124 e. The predicted molar refractivity (Wildman–Crippen MR) is 196 cm³/mol. The number of pyridine rings is 1. The molecule has 0 amide bonds. The zero-order valence-electron chi connectivity index (χ0n) is 28.1. The van der Waals surface area contributed by atoms with E-state index in [-0.39, 0.29) is 37.6 Å². The molecular weight excluding hydrogens is 782 g/mol. The molecule has 2 heterocycles. The van der Waals surface area contributed by atoms with E-state index in [9.17, 15) is 5.11 Å². The maximum absolute atomic E-state index is 10.5. The number of phenolic OH excluding ortho intramolecular Hbond substituents is 1. The molecule has 1 aliphatic rings. The summed E-state index contributed by atoms with van der Waals surface area (Å²) in [4.78, 5) is 10.2. The van der Waals surface area contributed by atoms with Gasteiger partial charge in [0.15, 0.2) is 0 Å². The molecule has 0 radical (unpaired) electrons. The molecule has 1 N–H and O–H groups in total. The van der Waals surface area contributed by atoms with Crippen molar-refractivity contribution in [3.05, 3.63) is 145 Å². The second-order valence-electron chi connectivity index (χ2n) is 14.2. The van der Waals surface area contributed by atoms with E-state index in [1.54, 1.807) is 6.07 Å². The molecule has 2 aromatic heterocycles. The summed E-state index contributed by atoms with van der Waals surface area (Å²) in [5, 5.41) is 10.5. The second-order valence-corrected chi connectivity index (χ2v) is 14.2. The normalized spacial score (nSPS) is 14.6. The molecule has 5 heteroatoms. The molecule has 8 rings (SSSR count). The van der Waals surface area contributed by atoms with E-state index in [1.807, 2.05) is 42.5 Å². The van der Waals surface area contributed by atoms with Gasteiger partial charge in [-0.3, -0.25) is 9.97 Å². The summed E-state index contributed by atoms with van der Waals surface area (Å²) >= 11 is 0. The molecule has 49 heavy (non-hydrogen) atoms. The Kier molecular flexibility index (Phi) is 8.41. The summed E-state index contributed by atoms with van der Waals surface area (Å²) in [5.41, 5.74) is 12.4. The third-order valence-electron chi connectivity index (χ3n) is 10.1. The number of fused-ring (bicyclic) bond motifs is 2. The minimum Gasteiger partial charge on any atom is -0.507 e. The number of nitrogens with zero attached hydrogens (tertiary/aromatic N) is 3. The van der Waals surface area contributed by atoms with Gasteiger partial charge in [-0.2, -0.15) is 0 Å². The summed E-state index contributed by atoms with van der Waals surface area (Å²) in [5.74, 6) is 1.04. The van der Waals surface area contributed by atoms with Crippen LogP contribution < -0.4 is 0 Å². The van der Waals surface area contributed by atoms with Gasteiger partial charge in [0, 0.05) is 43.6 Å². The van der Waals surface area contributed by atoms with Crippen molar-refractivity contribution in [2.24, 2.45) is 0 Å². The Morgan fingerprint density at radius 2 is 1.24 bits per heavy atom. The molecule has 7 aromatic rings. The van der Waals surface area contributed by atoms with Gasteiger partial charge in [0.2, 0.25) is 0 Å². The van der Waals surface area contributed by atoms with Crippen LogP contribution in [0.15, 0.2) is 127 Å². The fourth-order valence-electron chi connectivity index (χ4n) is 7.26. The van der Waals surface area contributed by atoms with Crippen molar-refractivity contribution >= 4 is 11.0 Å². The first-order valence-electron chi connectivity index (χ1n) is 16.7. The van der Waals surface area contributed by atoms with Crippen LogP contribution in [0, 0.1) is 6.07 Å². The largest absolute Gasteiger partial charge is 0.507 e. The van der Waals surface area contributed by atoms with E-state index in [4.69, 9.17) is 9.97 Å². The van der Waals surface area contributed by atoms with Gasteiger partial charge in [0.05, 0.1) is 22.6 Å². The third kappa shape index (κ3) is 5.83. The Morgan fingerprint density at radius 1 is 0.612 bits per heavy atom. The van der Waals surface area contributed by atoms with Crippen molar-refractivity contribution in [2.75, 3.05) is 0 Å². The molecule has 1 aliphatic carbocycles. The summed E-state index contributed by atoms with van der Waals surface area (Å²) < 4.78 is 2.33. The van der Waals surface area contributed by atoms with Crippen LogP contribution in [-0.2, 0) is 31.9 Å². The van der Waals surface area contributed by atoms with Gasteiger partial charge in [-0.05, 0) is 82.8 Å². The number of aromatic nitrogens is 3. The zero-order chi connectivity index (χ0) is 33.0. The van der Waals surface area contributed by atoms with E-state index >= 15 is 0 Å². The molecule has 5 aromatic carbocycles. The second kappa shape index (κ2) is 12.6. The maximum Gasteiger partial charge on any atom is 0.124 e. The molecule has 246 valence electrons. The van der Waals surface area contributed by atoms with E-state index in [1.165, 1.54) is 22.3 Å². The summed E-state index contributed by atoms with van der Waals surface area (Å²) in [6.07, 6.45) is 2.29. The van der Waals surface area contributed by atoms with E-state index in [0.29, 0.717) is 11.3 Å². The van der Waals surface area contributed by atoms with Gasteiger partial charge >= 0.3 is 0 Å². The van der Waals surface area contributed by atoms with Crippen LogP contribution in [0.25, 0.3) is 61.8 Å². The molecule has 0 saturated heterocycles. The molecule has 0 bridgehead atoms. The quantitative estimate of drug-likeness (QED) is 0.176. The van der Waals surface area contributed by atoms with Gasteiger partial charge in [-0.15, -0.1) is 24.3 Å². The fraction of sp³-hybridized carbons (Fsp3) is 0.182. The van der Waals surface area contributed by atoms with E-state index in [2.05, 4.69) is 117 Å². The fourth-order valence-corrected chi connectivity index (χ4v) is 7.26. The zero-order valence-corrected chi connectivity index (χ0v) is 30.4. The van der Waals surface area contributed by atoms with Crippen LogP contribution in [0.2, 0.25) is 0 Å². The molecule has 0 aliphatic heterocycles. The minimum atomic E-state index is 0. The number of imidazole rings is 1. The van der Waals surface area contributed by atoms with Gasteiger partial charge in [-0.1, -0.05) is 106 Å².